The van der Waals surface area contributed by atoms with Crippen LogP contribution in [0.4, 0.5) is 0 Å². The van der Waals surface area contributed by atoms with Crippen molar-refractivity contribution in [2.45, 2.75) is 32.8 Å². The van der Waals surface area contributed by atoms with Crippen molar-refractivity contribution in [2.75, 3.05) is 53.4 Å². The summed E-state index contributed by atoms with van der Waals surface area (Å²) in [6.45, 7) is 9.44. The molecule has 0 saturated carbocycles. The third kappa shape index (κ3) is 6.68. The topological polar surface area (TPSA) is 47.0 Å². The first-order valence-electron chi connectivity index (χ1n) is 7.71. The van der Waals surface area contributed by atoms with Crippen LogP contribution in [0.15, 0.2) is 0 Å². The van der Waals surface area contributed by atoms with Gasteiger partial charge in [0, 0.05) is 52.7 Å². The molecule has 5 nitrogen and oxygen atoms in total. The first-order chi connectivity index (χ1) is 9.38. The molecule has 1 atom stereocenters. The van der Waals surface area contributed by atoms with Gasteiger partial charge in [0.1, 0.15) is 0 Å². The van der Waals surface area contributed by atoms with Crippen molar-refractivity contribution >= 4 is 5.91 Å². The maximum atomic E-state index is 11.9. The predicted molar refractivity (Wildman–Crippen MR) is 81.7 cm³/mol. The van der Waals surface area contributed by atoms with Gasteiger partial charge in [0.25, 0.3) is 0 Å². The van der Waals surface area contributed by atoms with Crippen molar-refractivity contribution in [1.29, 1.82) is 0 Å². The Morgan fingerprint density at radius 3 is 2.40 bits per heavy atom. The number of β-amino-alcohol motifs (C(OH)–C–C–N with tert-alkyl or cyclic N) is 1. The molecule has 1 saturated heterocycles. The third-order valence-electron chi connectivity index (χ3n) is 3.91. The van der Waals surface area contributed by atoms with Crippen LogP contribution < -0.4 is 0 Å². The maximum Gasteiger partial charge on any atom is 0.222 e. The van der Waals surface area contributed by atoms with Crippen molar-refractivity contribution in [2.24, 2.45) is 5.92 Å². The lowest BCUT2D eigenvalue weighted by atomic mass is 10.1. The number of aliphatic hydroxyl groups excluding tert-OH is 1. The number of amides is 1. The largest absolute Gasteiger partial charge is 0.390 e. The molecule has 0 aliphatic carbocycles. The first kappa shape index (κ1) is 17.4. The summed E-state index contributed by atoms with van der Waals surface area (Å²) < 4.78 is 0. The molecule has 1 unspecified atom stereocenters. The highest BCUT2D eigenvalue weighted by atomic mass is 16.3. The van der Waals surface area contributed by atoms with Gasteiger partial charge in [-0.25, -0.2) is 0 Å². The Morgan fingerprint density at radius 1 is 1.25 bits per heavy atom. The zero-order valence-electron chi connectivity index (χ0n) is 13.5. The number of carbonyl (C=O) groups excluding carboxylic acids is 1. The molecule has 118 valence electrons. The van der Waals surface area contributed by atoms with Gasteiger partial charge >= 0.3 is 0 Å². The van der Waals surface area contributed by atoms with E-state index in [1.165, 1.54) is 0 Å². The van der Waals surface area contributed by atoms with E-state index in [0.29, 0.717) is 25.4 Å². The molecule has 0 aromatic carbocycles. The Hall–Kier alpha value is -0.650. The number of aliphatic hydroxyl groups is 1. The zero-order chi connectivity index (χ0) is 15.1. The third-order valence-corrected chi connectivity index (χ3v) is 3.91. The molecule has 5 heteroatoms. The average molecular weight is 285 g/mol. The molecule has 1 fully saturated rings. The van der Waals surface area contributed by atoms with E-state index >= 15 is 0 Å². The molecule has 20 heavy (non-hydrogen) atoms. The fraction of sp³-hybridized carbons (Fsp3) is 0.933. The minimum absolute atomic E-state index is 0.135. The Balaban J connectivity index is 2.23. The van der Waals surface area contributed by atoms with Gasteiger partial charge in [-0.15, -0.1) is 0 Å². The van der Waals surface area contributed by atoms with Crippen LogP contribution in [0.25, 0.3) is 0 Å². The number of likely N-dealkylation sites (N-methyl/N-ethyl adjacent to an activating group) is 2. The van der Waals surface area contributed by atoms with E-state index in [1.807, 2.05) is 0 Å². The Labute approximate surface area is 123 Å². The number of carbonyl (C=O) groups is 1. The summed E-state index contributed by atoms with van der Waals surface area (Å²) in [5.41, 5.74) is 0. The van der Waals surface area contributed by atoms with Gasteiger partial charge in [0.05, 0.1) is 6.10 Å². The molecular weight excluding hydrogens is 254 g/mol. The highest BCUT2D eigenvalue weighted by molar-refractivity contribution is 5.75. The SMILES string of the molecule is CC(C)CCC(=O)N(C)CC(O)CN1CCN(C)CC1. The minimum Gasteiger partial charge on any atom is -0.390 e. The highest BCUT2D eigenvalue weighted by Crippen LogP contribution is 2.07. The van der Waals surface area contributed by atoms with Crippen molar-refractivity contribution < 1.29 is 9.90 Å². The molecule has 1 heterocycles. The van der Waals surface area contributed by atoms with E-state index in [9.17, 15) is 9.90 Å². The lowest BCUT2D eigenvalue weighted by molar-refractivity contribution is -0.131. The summed E-state index contributed by atoms with van der Waals surface area (Å²) in [5.74, 6) is 0.679. The van der Waals surface area contributed by atoms with Gasteiger partial charge in [-0.1, -0.05) is 13.8 Å². The van der Waals surface area contributed by atoms with E-state index < -0.39 is 6.10 Å². The second kappa shape index (κ2) is 8.60. The number of hydrogen-bond acceptors (Lipinski definition) is 4. The van der Waals surface area contributed by atoms with Gasteiger partial charge in [-0.2, -0.15) is 0 Å². The second-order valence-electron chi connectivity index (χ2n) is 6.46. The Morgan fingerprint density at radius 2 is 1.85 bits per heavy atom. The summed E-state index contributed by atoms with van der Waals surface area (Å²) in [4.78, 5) is 18.2. The lowest BCUT2D eigenvalue weighted by Gasteiger charge is -2.34. The average Bonchev–Trinajstić information content (AvgIpc) is 2.38. The molecule has 1 aliphatic heterocycles. The maximum absolute atomic E-state index is 11.9. The minimum atomic E-state index is -0.452. The number of piperazine rings is 1. The van der Waals surface area contributed by atoms with Crippen LogP contribution in [0.2, 0.25) is 0 Å². The summed E-state index contributed by atoms with van der Waals surface area (Å²) in [6, 6.07) is 0. The Bertz CT molecular complexity index is 289. The van der Waals surface area contributed by atoms with E-state index in [4.69, 9.17) is 0 Å². The molecular formula is C15H31N3O2. The molecule has 0 spiro atoms. The van der Waals surface area contributed by atoms with Gasteiger partial charge in [-0.3, -0.25) is 9.69 Å². The molecule has 1 N–H and O–H groups in total. The van der Waals surface area contributed by atoms with Crippen LogP contribution >= 0.6 is 0 Å². The van der Waals surface area contributed by atoms with Crippen LogP contribution in [-0.2, 0) is 4.79 Å². The summed E-state index contributed by atoms with van der Waals surface area (Å²) >= 11 is 0. The second-order valence-corrected chi connectivity index (χ2v) is 6.46. The van der Waals surface area contributed by atoms with E-state index in [0.717, 1.165) is 32.6 Å². The fourth-order valence-corrected chi connectivity index (χ4v) is 2.41. The van der Waals surface area contributed by atoms with Gasteiger partial charge in [-0.05, 0) is 19.4 Å². The quantitative estimate of drug-likeness (QED) is 0.739. The van der Waals surface area contributed by atoms with E-state index in [1.54, 1.807) is 11.9 Å². The van der Waals surface area contributed by atoms with Crippen molar-refractivity contribution in [3.8, 4) is 0 Å². The lowest BCUT2D eigenvalue weighted by Crippen LogP contribution is -2.49. The van der Waals surface area contributed by atoms with Crippen LogP contribution in [0.1, 0.15) is 26.7 Å². The van der Waals surface area contributed by atoms with Crippen molar-refractivity contribution in [3.63, 3.8) is 0 Å². The van der Waals surface area contributed by atoms with E-state index in [-0.39, 0.29) is 5.91 Å². The van der Waals surface area contributed by atoms with Crippen LogP contribution in [0.5, 0.6) is 0 Å². The van der Waals surface area contributed by atoms with Crippen molar-refractivity contribution in [3.05, 3.63) is 0 Å². The summed E-state index contributed by atoms with van der Waals surface area (Å²) in [5, 5.41) is 10.1. The number of rotatable bonds is 7. The molecule has 0 bridgehead atoms. The van der Waals surface area contributed by atoms with Crippen molar-refractivity contribution in [1.82, 2.24) is 14.7 Å². The first-order valence-corrected chi connectivity index (χ1v) is 7.71. The summed E-state index contributed by atoms with van der Waals surface area (Å²) in [7, 11) is 3.91. The van der Waals surface area contributed by atoms with E-state index in [2.05, 4.69) is 30.7 Å². The van der Waals surface area contributed by atoms with Crippen LogP contribution in [0.3, 0.4) is 0 Å². The monoisotopic (exact) mass is 285 g/mol. The zero-order valence-corrected chi connectivity index (χ0v) is 13.5. The number of hydrogen-bond donors (Lipinski definition) is 1. The molecule has 1 amide bonds. The van der Waals surface area contributed by atoms with Gasteiger partial charge in [0.2, 0.25) is 5.91 Å². The molecule has 0 aromatic rings. The summed E-state index contributed by atoms with van der Waals surface area (Å²) in [6.07, 6.45) is 1.04. The number of nitrogens with zero attached hydrogens (tertiary/aromatic N) is 3. The molecule has 1 rings (SSSR count). The van der Waals surface area contributed by atoms with Gasteiger partial charge < -0.3 is 14.9 Å². The molecule has 0 aromatic heterocycles. The van der Waals surface area contributed by atoms with Crippen LogP contribution in [-0.4, -0.2) is 85.2 Å². The Kier molecular flexibility index (Phi) is 7.48. The van der Waals surface area contributed by atoms with Gasteiger partial charge in [0.15, 0.2) is 0 Å². The standard InChI is InChI=1S/C15H31N3O2/c1-13(2)5-6-15(20)17(4)11-14(19)12-18-9-7-16(3)8-10-18/h13-14,19H,5-12H2,1-4H3. The predicted octanol–water partition coefficient (Wildman–Crippen LogP) is 0.489. The smallest absolute Gasteiger partial charge is 0.222 e. The highest BCUT2D eigenvalue weighted by Gasteiger charge is 2.19. The molecule has 1 aliphatic rings. The van der Waals surface area contributed by atoms with Crippen LogP contribution in [0, 0.1) is 5.92 Å². The fourth-order valence-electron chi connectivity index (χ4n) is 2.41. The normalized spacial score (nSPS) is 19.3. The molecule has 0 radical (unpaired) electrons.